The molecule has 1 unspecified atom stereocenters. The molecule has 0 spiro atoms. The first-order valence-corrected chi connectivity index (χ1v) is 7.12. The molecule has 1 amide bonds. The molecule has 5 nitrogen and oxygen atoms in total. The fraction of sp³-hybridized carbons (Fsp3) is 0.500. The zero-order valence-corrected chi connectivity index (χ0v) is 12.6. The van der Waals surface area contributed by atoms with Gasteiger partial charge in [-0.3, -0.25) is 9.69 Å². The van der Waals surface area contributed by atoms with Crippen LogP contribution in [0.2, 0.25) is 0 Å². The van der Waals surface area contributed by atoms with E-state index in [1.54, 1.807) is 14.2 Å². The van der Waals surface area contributed by atoms with Crippen LogP contribution in [-0.4, -0.2) is 43.7 Å². The van der Waals surface area contributed by atoms with Crippen molar-refractivity contribution in [2.24, 2.45) is 0 Å². The van der Waals surface area contributed by atoms with Gasteiger partial charge in [0.2, 0.25) is 5.91 Å². The van der Waals surface area contributed by atoms with E-state index in [1.165, 1.54) is 0 Å². The summed E-state index contributed by atoms with van der Waals surface area (Å²) in [5.74, 6) is -0.0173. The molecule has 0 radical (unpaired) electrons. The van der Waals surface area contributed by atoms with E-state index >= 15 is 0 Å². The summed E-state index contributed by atoms with van der Waals surface area (Å²) in [6, 6.07) is 9.74. The van der Waals surface area contributed by atoms with Crippen LogP contribution in [0.4, 0.5) is 0 Å². The van der Waals surface area contributed by atoms with Crippen molar-refractivity contribution < 1.29 is 9.53 Å². The molecule has 5 heteroatoms. The Bertz CT molecular complexity index is 553. The molecule has 1 heterocycles. The van der Waals surface area contributed by atoms with Gasteiger partial charge in [0.1, 0.15) is 5.54 Å². The second-order valence-electron chi connectivity index (χ2n) is 5.34. The quantitative estimate of drug-likeness (QED) is 0.886. The van der Waals surface area contributed by atoms with Gasteiger partial charge in [0.05, 0.1) is 18.2 Å². The molecule has 0 bridgehead atoms. The van der Waals surface area contributed by atoms with Crippen molar-refractivity contribution in [2.45, 2.75) is 24.9 Å². The smallest absolute Gasteiger partial charge is 0.242 e. The Morgan fingerprint density at radius 3 is 2.95 bits per heavy atom. The van der Waals surface area contributed by atoms with Crippen LogP contribution in [0.1, 0.15) is 24.0 Å². The molecule has 2 rings (SSSR count). The molecule has 1 aromatic rings. The second kappa shape index (κ2) is 6.70. The van der Waals surface area contributed by atoms with Crippen LogP contribution in [-0.2, 0) is 16.1 Å². The lowest BCUT2D eigenvalue weighted by atomic mass is 9.95. The van der Waals surface area contributed by atoms with Crippen molar-refractivity contribution >= 4 is 5.91 Å². The predicted octanol–water partition coefficient (Wildman–Crippen LogP) is 1.29. The van der Waals surface area contributed by atoms with Crippen molar-refractivity contribution in [1.29, 1.82) is 5.26 Å². The van der Waals surface area contributed by atoms with Gasteiger partial charge < -0.3 is 10.1 Å². The zero-order chi connectivity index (χ0) is 15.3. The molecule has 1 aliphatic rings. The van der Waals surface area contributed by atoms with E-state index in [0.717, 1.165) is 24.9 Å². The average Bonchev–Trinajstić information content (AvgIpc) is 2.91. The van der Waals surface area contributed by atoms with Crippen molar-refractivity contribution in [1.82, 2.24) is 10.2 Å². The van der Waals surface area contributed by atoms with E-state index in [1.807, 2.05) is 24.3 Å². The van der Waals surface area contributed by atoms with Gasteiger partial charge in [-0.15, -0.1) is 0 Å². The summed E-state index contributed by atoms with van der Waals surface area (Å²) in [6.45, 7) is 1.78. The van der Waals surface area contributed by atoms with Gasteiger partial charge in [-0.25, -0.2) is 0 Å². The monoisotopic (exact) mass is 287 g/mol. The Kier molecular flexibility index (Phi) is 4.94. The standard InChI is InChI=1S/C16H21N3O2/c1-18-15(20)16(12-21-2)8-5-9-19(16)11-14-7-4-3-6-13(14)10-17/h3-4,6-7H,5,8-9,11-12H2,1-2H3,(H,18,20). The Labute approximate surface area is 125 Å². The highest BCUT2D eigenvalue weighted by molar-refractivity contribution is 5.86. The van der Waals surface area contributed by atoms with Crippen LogP contribution in [0.3, 0.4) is 0 Å². The maximum atomic E-state index is 12.4. The Morgan fingerprint density at radius 1 is 1.52 bits per heavy atom. The predicted molar refractivity (Wildman–Crippen MR) is 79.5 cm³/mol. The van der Waals surface area contributed by atoms with Gasteiger partial charge in [-0.2, -0.15) is 5.26 Å². The van der Waals surface area contributed by atoms with Gasteiger partial charge in [0.25, 0.3) is 0 Å². The molecular formula is C16H21N3O2. The highest BCUT2D eigenvalue weighted by Gasteiger charge is 2.47. The van der Waals surface area contributed by atoms with Gasteiger partial charge in [-0.1, -0.05) is 18.2 Å². The lowest BCUT2D eigenvalue weighted by Gasteiger charge is -2.36. The van der Waals surface area contributed by atoms with E-state index in [4.69, 9.17) is 4.74 Å². The molecule has 21 heavy (non-hydrogen) atoms. The average molecular weight is 287 g/mol. The number of hydrogen-bond acceptors (Lipinski definition) is 4. The SMILES string of the molecule is CNC(=O)C1(COC)CCCN1Cc1ccccc1C#N. The molecule has 1 saturated heterocycles. The summed E-state index contributed by atoms with van der Waals surface area (Å²) < 4.78 is 5.31. The zero-order valence-electron chi connectivity index (χ0n) is 12.6. The summed E-state index contributed by atoms with van der Waals surface area (Å²) in [7, 11) is 3.27. The molecular weight excluding hydrogens is 266 g/mol. The third kappa shape index (κ3) is 2.92. The normalized spacial score (nSPS) is 22.0. The maximum absolute atomic E-state index is 12.4. The van der Waals surface area contributed by atoms with Crippen LogP contribution in [0.5, 0.6) is 0 Å². The van der Waals surface area contributed by atoms with Crippen LogP contribution in [0.15, 0.2) is 24.3 Å². The number of likely N-dealkylation sites (tertiary alicyclic amines) is 1. The Hall–Kier alpha value is -1.90. The fourth-order valence-corrected chi connectivity index (χ4v) is 3.10. The molecule has 1 fully saturated rings. The molecule has 1 aliphatic heterocycles. The minimum Gasteiger partial charge on any atom is -0.382 e. The lowest BCUT2D eigenvalue weighted by Crippen LogP contribution is -2.57. The molecule has 1 N–H and O–H groups in total. The van der Waals surface area contributed by atoms with Crippen LogP contribution >= 0.6 is 0 Å². The molecule has 0 aliphatic carbocycles. The Morgan fingerprint density at radius 2 is 2.29 bits per heavy atom. The van der Waals surface area contributed by atoms with Crippen molar-refractivity contribution in [3.63, 3.8) is 0 Å². The van der Waals surface area contributed by atoms with Gasteiger partial charge in [0.15, 0.2) is 0 Å². The van der Waals surface area contributed by atoms with Crippen LogP contribution in [0.25, 0.3) is 0 Å². The Balaban J connectivity index is 2.29. The number of ether oxygens (including phenoxy) is 1. The van der Waals surface area contributed by atoms with Crippen LogP contribution < -0.4 is 5.32 Å². The summed E-state index contributed by atoms with van der Waals surface area (Å²) in [5, 5.41) is 12.0. The number of carbonyl (C=O) groups is 1. The molecule has 0 saturated carbocycles. The van der Waals surface area contributed by atoms with Crippen LogP contribution in [0, 0.1) is 11.3 Å². The van der Waals surface area contributed by atoms with Crippen molar-refractivity contribution in [3.8, 4) is 6.07 Å². The molecule has 1 atom stereocenters. The first-order chi connectivity index (χ1) is 10.2. The number of amides is 1. The number of carbonyl (C=O) groups excluding carboxylic acids is 1. The number of nitrogens with zero attached hydrogens (tertiary/aromatic N) is 2. The third-order valence-electron chi connectivity index (χ3n) is 4.16. The van der Waals surface area contributed by atoms with Crippen molar-refractivity contribution in [3.05, 3.63) is 35.4 Å². The highest BCUT2D eigenvalue weighted by Crippen LogP contribution is 2.32. The fourth-order valence-electron chi connectivity index (χ4n) is 3.10. The number of nitriles is 1. The van der Waals surface area contributed by atoms with E-state index in [2.05, 4.69) is 16.3 Å². The van der Waals surface area contributed by atoms with Gasteiger partial charge in [0, 0.05) is 20.7 Å². The summed E-state index contributed by atoms with van der Waals surface area (Å²) in [4.78, 5) is 14.5. The molecule has 1 aromatic carbocycles. The molecule has 0 aromatic heterocycles. The number of benzene rings is 1. The largest absolute Gasteiger partial charge is 0.382 e. The number of nitrogens with one attached hydrogen (secondary N) is 1. The maximum Gasteiger partial charge on any atom is 0.242 e. The summed E-state index contributed by atoms with van der Waals surface area (Å²) in [6.07, 6.45) is 1.72. The second-order valence-corrected chi connectivity index (χ2v) is 5.34. The van der Waals surface area contributed by atoms with Crippen molar-refractivity contribution in [2.75, 3.05) is 27.3 Å². The summed E-state index contributed by atoms with van der Waals surface area (Å²) >= 11 is 0. The number of methoxy groups -OCH3 is 1. The number of rotatable bonds is 5. The van der Waals surface area contributed by atoms with E-state index in [9.17, 15) is 10.1 Å². The molecule has 112 valence electrons. The first kappa shape index (κ1) is 15.5. The topological polar surface area (TPSA) is 65.4 Å². The van der Waals surface area contributed by atoms with E-state index in [0.29, 0.717) is 18.7 Å². The highest BCUT2D eigenvalue weighted by atomic mass is 16.5. The lowest BCUT2D eigenvalue weighted by molar-refractivity contribution is -0.135. The number of hydrogen-bond donors (Lipinski definition) is 1. The number of likely N-dealkylation sites (N-methyl/N-ethyl adjacent to an activating group) is 1. The minimum atomic E-state index is -0.633. The van der Waals surface area contributed by atoms with E-state index < -0.39 is 5.54 Å². The van der Waals surface area contributed by atoms with E-state index in [-0.39, 0.29) is 5.91 Å². The van der Waals surface area contributed by atoms with Gasteiger partial charge in [-0.05, 0) is 31.0 Å². The minimum absolute atomic E-state index is 0.0173. The third-order valence-corrected chi connectivity index (χ3v) is 4.16. The first-order valence-electron chi connectivity index (χ1n) is 7.12. The summed E-state index contributed by atoms with van der Waals surface area (Å²) in [5.41, 5.74) is 0.977. The van der Waals surface area contributed by atoms with Gasteiger partial charge >= 0.3 is 0 Å².